The van der Waals surface area contributed by atoms with Crippen molar-refractivity contribution in [3.05, 3.63) is 20.8 Å². The molecule has 0 saturated heterocycles. The summed E-state index contributed by atoms with van der Waals surface area (Å²) in [4.78, 5) is 22.9. The highest BCUT2D eigenvalue weighted by Gasteiger charge is 2.06. The fraction of sp³-hybridized carbons (Fsp3) is 0. The first-order chi connectivity index (χ1) is 5.04. The standard InChI is InChI=1S/C4H6N4O3/c5-1-2(6)8(11)4(10)7-3(1)9/h11H,5-6H2,(H,7,9,10). The van der Waals surface area contributed by atoms with Crippen LogP contribution in [0.15, 0.2) is 9.59 Å². The summed E-state index contributed by atoms with van der Waals surface area (Å²) >= 11 is 0. The number of aromatic nitrogens is 2. The molecule has 0 spiro atoms. The second-order valence-electron chi connectivity index (χ2n) is 1.87. The second kappa shape index (κ2) is 2.04. The molecule has 0 aliphatic heterocycles. The van der Waals surface area contributed by atoms with Gasteiger partial charge in [-0.25, -0.2) is 4.79 Å². The Labute approximate surface area is 59.8 Å². The molecule has 0 aliphatic carbocycles. The molecule has 7 heteroatoms. The largest absolute Gasteiger partial charge is 0.422 e. The average Bonchev–Trinajstić information content (AvgIpc) is 1.97. The number of nitrogen functional groups attached to an aromatic ring is 2. The van der Waals surface area contributed by atoms with Crippen LogP contribution in [0.1, 0.15) is 0 Å². The Hall–Kier alpha value is -1.92. The van der Waals surface area contributed by atoms with E-state index in [1.54, 1.807) is 4.98 Å². The third-order valence-corrected chi connectivity index (χ3v) is 1.16. The molecular formula is C4H6N4O3. The van der Waals surface area contributed by atoms with Crippen LogP contribution in [0, 0.1) is 0 Å². The minimum atomic E-state index is -1.01. The van der Waals surface area contributed by atoms with E-state index in [2.05, 4.69) is 0 Å². The summed E-state index contributed by atoms with van der Waals surface area (Å²) in [6, 6.07) is 0. The van der Waals surface area contributed by atoms with Crippen molar-refractivity contribution < 1.29 is 5.21 Å². The number of nitrogens with one attached hydrogen (secondary N) is 1. The van der Waals surface area contributed by atoms with Crippen molar-refractivity contribution in [3.8, 4) is 0 Å². The zero-order valence-electron chi connectivity index (χ0n) is 5.37. The molecule has 1 aromatic heterocycles. The van der Waals surface area contributed by atoms with Crippen LogP contribution in [0.25, 0.3) is 0 Å². The Morgan fingerprint density at radius 1 is 1.36 bits per heavy atom. The molecule has 0 atom stereocenters. The molecule has 0 amide bonds. The first-order valence-corrected chi connectivity index (χ1v) is 2.63. The number of aromatic amines is 1. The zero-order chi connectivity index (χ0) is 8.59. The highest BCUT2D eigenvalue weighted by molar-refractivity contribution is 5.55. The number of nitrogens with zero attached hydrogens (tertiary/aromatic N) is 1. The van der Waals surface area contributed by atoms with E-state index in [9.17, 15) is 9.59 Å². The van der Waals surface area contributed by atoms with Gasteiger partial charge in [0, 0.05) is 0 Å². The Balaban J connectivity index is 3.73. The molecule has 0 saturated carbocycles. The SMILES string of the molecule is Nc1c(N)n(O)c(=O)[nH]c1=O. The first kappa shape index (κ1) is 7.19. The number of hydrogen-bond donors (Lipinski definition) is 4. The molecule has 0 aliphatic rings. The fourth-order valence-corrected chi connectivity index (χ4v) is 0.557. The van der Waals surface area contributed by atoms with Crippen LogP contribution in [0.4, 0.5) is 11.5 Å². The monoisotopic (exact) mass is 158 g/mol. The Kier molecular flexibility index (Phi) is 1.34. The molecule has 60 valence electrons. The van der Waals surface area contributed by atoms with E-state index in [0.717, 1.165) is 0 Å². The number of anilines is 2. The Morgan fingerprint density at radius 3 is 2.45 bits per heavy atom. The summed E-state index contributed by atoms with van der Waals surface area (Å²) < 4.78 is 0.0662. The smallest absolute Gasteiger partial charge is 0.363 e. The van der Waals surface area contributed by atoms with Gasteiger partial charge in [-0.15, -0.1) is 4.73 Å². The maximum Gasteiger partial charge on any atom is 0.363 e. The third-order valence-electron chi connectivity index (χ3n) is 1.16. The van der Waals surface area contributed by atoms with Crippen molar-refractivity contribution in [1.82, 2.24) is 9.71 Å². The highest BCUT2D eigenvalue weighted by atomic mass is 16.5. The number of nitrogens with two attached hydrogens (primary N) is 2. The zero-order valence-corrected chi connectivity index (χ0v) is 5.37. The summed E-state index contributed by atoms with van der Waals surface area (Å²) in [5, 5.41) is 8.74. The van der Waals surface area contributed by atoms with Gasteiger partial charge in [0.2, 0.25) is 0 Å². The minimum absolute atomic E-state index is 0.0662. The lowest BCUT2D eigenvalue weighted by atomic mass is 10.5. The number of H-pyrrole nitrogens is 1. The summed E-state index contributed by atoms with van der Waals surface area (Å²) in [6.07, 6.45) is 0. The van der Waals surface area contributed by atoms with Crippen LogP contribution in [0.2, 0.25) is 0 Å². The molecule has 7 nitrogen and oxygen atoms in total. The van der Waals surface area contributed by atoms with Crippen molar-refractivity contribution in [3.63, 3.8) is 0 Å². The number of hydrogen-bond acceptors (Lipinski definition) is 5. The molecule has 0 fully saturated rings. The van der Waals surface area contributed by atoms with Crippen LogP contribution in [-0.2, 0) is 0 Å². The van der Waals surface area contributed by atoms with Gasteiger partial charge in [0.25, 0.3) is 5.56 Å². The lowest BCUT2D eigenvalue weighted by molar-refractivity contribution is 0.176. The van der Waals surface area contributed by atoms with E-state index in [4.69, 9.17) is 16.7 Å². The molecule has 1 aromatic rings. The molecule has 0 aromatic carbocycles. The Bertz CT molecular complexity index is 355. The van der Waals surface area contributed by atoms with Gasteiger partial charge in [-0.3, -0.25) is 9.78 Å². The average molecular weight is 158 g/mol. The quantitative estimate of drug-likeness (QED) is 0.323. The summed E-state index contributed by atoms with van der Waals surface area (Å²) in [5.41, 5.74) is 7.91. The van der Waals surface area contributed by atoms with E-state index >= 15 is 0 Å². The van der Waals surface area contributed by atoms with Gasteiger partial charge in [-0.2, -0.15) is 0 Å². The van der Waals surface area contributed by atoms with Crippen molar-refractivity contribution in [2.24, 2.45) is 0 Å². The predicted octanol–water partition coefficient (Wildman–Crippen LogP) is -2.06. The van der Waals surface area contributed by atoms with Crippen molar-refractivity contribution in [2.75, 3.05) is 11.5 Å². The normalized spacial score (nSPS) is 9.82. The lowest BCUT2D eigenvalue weighted by Gasteiger charge is -2.00. The maximum atomic E-state index is 10.6. The predicted molar refractivity (Wildman–Crippen MR) is 37.3 cm³/mol. The van der Waals surface area contributed by atoms with Gasteiger partial charge in [-0.1, -0.05) is 0 Å². The van der Waals surface area contributed by atoms with Gasteiger partial charge in [0.05, 0.1) is 0 Å². The van der Waals surface area contributed by atoms with Crippen molar-refractivity contribution >= 4 is 11.5 Å². The summed E-state index contributed by atoms with van der Waals surface area (Å²) in [7, 11) is 0. The van der Waals surface area contributed by atoms with Crippen molar-refractivity contribution in [1.29, 1.82) is 0 Å². The highest BCUT2D eigenvalue weighted by Crippen LogP contribution is 2.00. The first-order valence-electron chi connectivity index (χ1n) is 2.63. The van der Waals surface area contributed by atoms with Gasteiger partial charge >= 0.3 is 5.69 Å². The summed E-state index contributed by atoms with van der Waals surface area (Å²) in [5.74, 6) is -0.459. The lowest BCUT2D eigenvalue weighted by Crippen LogP contribution is -2.32. The van der Waals surface area contributed by atoms with Gasteiger partial charge < -0.3 is 16.7 Å². The van der Waals surface area contributed by atoms with Crippen LogP contribution < -0.4 is 22.7 Å². The molecular weight excluding hydrogens is 152 g/mol. The van der Waals surface area contributed by atoms with Crippen molar-refractivity contribution in [2.45, 2.75) is 0 Å². The topological polar surface area (TPSA) is 127 Å². The fourth-order valence-electron chi connectivity index (χ4n) is 0.557. The van der Waals surface area contributed by atoms with Gasteiger partial charge in [0.15, 0.2) is 5.82 Å². The number of rotatable bonds is 0. The molecule has 0 unspecified atom stereocenters. The van der Waals surface area contributed by atoms with E-state index < -0.39 is 17.1 Å². The van der Waals surface area contributed by atoms with E-state index in [-0.39, 0.29) is 10.4 Å². The molecule has 0 radical (unpaired) electrons. The van der Waals surface area contributed by atoms with Gasteiger partial charge in [-0.05, 0) is 0 Å². The molecule has 6 N–H and O–H groups in total. The van der Waals surface area contributed by atoms with Crippen LogP contribution >= 0.6 is 0 Å². The van der Waals surface area contributed by atoms with Crippen LogP contribution in [0.3, 0.4) is 0 Å². The second-order valence-corrected chi connectivity index (χ2v) is 1.87. The molecule has 0 bridgehead atoms. The third kappa shape index (κ3) is 0.914. The minimum Gasteiger partial charge on any atom is -0.422 e. The van der Waals surface area contributed by atoms with E-state index in [0.29, 0.717) is 0 Å². The van der Waals surface area contributed by atoms with Crippen LogP contribution in [0.5, 0.6) is 0 Å². The Morgan fingerprint density at radius 2 is 1.91 bits per heavy atom. The van der Waals surface area contributed by atoms with Crippen LogP contribution in [-0.4, -0.2) is 14.9 Å². The molecule has 1 heterocycles. The van der Waals surface area contributed by atoms with Gasteiger partial charge in [0.1, 0.15) is 5.69 Å². The molecule has 1 rings (SSSR count). The molecule has 11 heavy (non-hydrogen) atoms. The summed E-state index contributed by atoms with van der Waals surface area (Å²) in [6.45, 7) is 0. The van der Waals surface area contributed by atoms with E-state index in [1.165, 1.54) is 0 Å². The maximum absolute atomic E-state index is 10.6. The van der Waals surface area contributed by atoms with E-state index in [1.807, 2.05) is 0 Å².